The van der Waals surface area contributed by atoms with Crippen molar-refractivity contribution >= 4 is 15.7 Å². The Hall–Kier alpha value is -2.96. The number of ether oxygens (including phenoxy) is 1. The van der Waals surface area contributed by atoms with E-state index in [-0.39, 0.29) is 23.2 Å². The summed E-state index contributed by atoms with van der Waals surface area (Å²) in [6, 6.07) is 25.5. The van der Waals surface area contributed by atoms with E-state index in [0.29, 0.717) is 5.56 Å². The Morgan fingerprint density at radius 2 is 1.37 bits per heavy atom. The van der Waals surface area contributed by atoms with Gasteiger partial charge in [-0.3, -0.25) is 4.79 Å². The molecule has 0 aromatic heterocycles. The summed E-state index contributed by atoms with van der Waals surface area (Å²) < 4.78 is 29.4. The van der Waals surface area contributed by atoms with Crippen LogP contribution in [0.4, 0.5) is 0 Å². The molecule has 0 heterocycles. The largest absolute Gasteiger partial charge is 0.384 e. The molecule has 0 aliphatic rings. The predicted octanol–water partition coefficient (Wildman–Crippen LogP) is 3.80. The lowest BCUT2D eigenvalue weighted by Crippen LogP contribution is -2.44. The van der Waals surface area contributed by atoms with Gasteiger partial charge in [0, 0.05) is 12.7 Å². The molecule has 0 radical (unpaired) electrons. The van der Waals surface area contributed by atoms with Crippen LogP contribution < -0.4 is 5.32 Å². The van der Waals surface area contributed by atoms with Crippen LogP contribution in [0.15, 0.2) is 89.8 Å². The normalized spacial score (nSPS) is 11.8. The average molecular weight is 424 g/mol. The van der Waals surface area contributed by atoms with Crippen molar-refractivity contribution in [3.63, 3.8) is 0 Å². The number of hydrogen-bond acceptors (Lipinski definition) is 4. The van der Waals surface area contributed by atoms with Gasteiger partial charge in [0.1, 0.15) is 0 Å². The highest BCUT2D eigenvalue weighted by Crippen LogP contribution is 2.29. The number of carbonyl (C=O) groups is 1. The van der Waals surface area contributed by atoms with Crippen molar-refractivity contribution in [2.75, 3.05) is 19.5 Å². The van der Waals surface area contributed by atoms with Gasteiger partial charge < -0.3 is 10.1 Å². The van der Waals surface area contributed by atoms with Crippen molar-refractivity contribution < 1.29 is 17.9 Å². The third-order valence-corrected chi connectivity index (χ3v) is 6.79. The second-order valence-corrected chi connectivity index (χ2v) is 9.26. The Balaban J connectivity index is 1.88. The smallest absolute Gasteiger partial charge is 0.252 e. The summed E-state index contributed by atoms with van der Waals surface area (Å²) in [6.07, 6.45) is 0. The van der Waals surface area contributed by atoms with E-state index in [0.717, 1.165) is 11.1 Å². The lowest BCUT2D eigenvalue weighted by molar-refractivity contribution is 0.0919. The van der Waals surface area contributed by atoms with Crippen molar-refractivity contribution in [2.45, 2.75) is 17.4 Å². The summed E-state index contributed by atoms with van der Waals surface area (Å²) in [7, 11) is -1.98. The van der Waals surface area contributed by atoms with E-state index in [1.807, 2.05) is 67.6 Å². The fraction of sp³-hybridized carbons (Fsp3) is 0.208. The van der Waals surface area contributed by atoms with Gasteiger partial charge in [0.2, 0.25) is 0 Å². The molecule has 3 aromatic rings. The molecule has 0 saturated carbocycles. The highest BCUT2D eigenvalue weighted by molar-refractivity contribution is 7.91. The molecular weight excluding hydrogens is 398 g/mol. The molecule has 3 rings (SSSR count). The van der Waals surface area contributed by atoms with Gasteiger partial charge in [0.15, 0.2) is 9.84 Å². The number of methoxy groups -OCH3 is 1. The fourth-order valence-electron chi connectivity index (χ4n) is 3.28. The van der Waals surface area contributed by atoms with Crippen LogP contribution in [0.25, 0.3) is 0 Å². The van der Waals surface area contributed by atoms with Crippen LogP contribution in [0.2, 0.25) is 0 Å². The highest BCUT2D eigenvalue weighted by Gasteiger charge is 2.31. The first-order valence-corrected chi connectivity index (χ1v) is 11.3. The van der Waals surface area contributed by atoms with E-state index in [1.165, 1.54) is 31.4 Å². The number of hydrogen-bond donors (Lipinski definition) is 1. The van der Waals surface area contributed by atoms with Gasteiger partial charge in [0.25, 0.3) is 5.91 Å². The van der Waals surface area contributed by atoms with Crippen LogP contribution in [-0.4, -0.2) is 33.8 Å². The Morgan fingerprint density at radius 3 is 1.83 bits per heavy atom. The zero-order chi connectivity index (χ0) is 21.6. The van der Waals surface area contributed by atoms with Crippen LogP contribution in [-0.2, 0) is 20.1 Å². The molecule has 156 valence electrons. The molecule has 3 aromatic carbocycles. The van der Waals surface area contributed by atoms with Crippen molar-refractivity contribution in [2.24, 2.45) is 0 Å². The third-order valence-electron chi connectivity index (χ3n) is 5.10. The number of amides is 1. The standard InChI is InChI=1S/C24H25NO4S/c1-24(20-9-5-3-6-10-20,21-11-7-4-8-12-21)25-23(26)19-13-15-22(16-14-19)30(27,28)18-17-29-2/h3-16H,17-18H2,1-2H3,(H,25,26). The van der Waals surface area contributed by atoms with E-state index in [4.69, 9.17) is 4.74 Å². The van der Waals surface area contributed by atoms with Crippen molar-refractivity contribution in [3.05, 3.63) is 102 Å². The predicted molar refractivity (Wildman–Crippen MR) is 117 cm³/mol. The molecule has 30 heavy (non-hydrogen) atoms. The van der Waals surface area contributed by atoms with Crippen LogP contribution >= 0.6 is 0 Å². The summed E-state index contributed by atoms with van der Waals surface area (Å²) in [4.78, 5) is 13.2. The monoisotopic (exact) mass is 423 g/mol. The molecule has 1 N–H and O–H groups in total. The third kappa shape index (κ3) is 4.78. The Bertz CT molecular complexity index is 1040. The van der Waals surface area contributed by atoms with Gasteiger partial charge in [-0.1, -0.05) is 60.7 Å². The maximum Gasteiger partial charge on any atom is 0.252 e. The molecule has 0 spiro atoms. The first kappa shape index (κ1) is 21.7. The van der Waals surface area contributed by atoms with Gasteiger partial charge in [0.05, 0.1) is 22.8 Å². The minimum Gasteiger partial charge on any atom is -0.384 e. The molecule has 0 unspecified atom stereocenters. The Labute approximate surface area is 177 Å². The topological polar surface area (TPSA) is 72.5 Å². The zero-order valence-electron chi connectivity index (χ0n) is 17.0. The van der Waals surface area contributed by atoms with Crippen molar-refractivity contribution in [1.82, 2.24) is 5.32 Å². The second-order valence-electron chi connectivity index (χ2n) is 7.15. The minimum atomic E-state index is -3.44. The van der Waals surface area contributed by atoms with Crippen LogP contribution in [0, 0.1) is 0 Å². The van der Waals surface area contributed by atoms with Gasteiger partial charge in [-0.05, 0) is 42.3 Å². The van der Waals surface area contributed by atoms with Crippen LogP contribution in [0.5, 0.6) is 0 Å². The number of nitrogens with one attached hydrogen (secondary N) is 1. The molecule has 0 bridgehead atoms. The second kappa shape index (κ2) is 9.24. The molecule has 1 amide bonds. The maximum atomic E-state index is 13.1. The van der Waals surface area contributed by atoms with Crippen LogP contribution in [0.1, 0.15) is 28.4 Å². The highest BCUT2D eigenvalue weighted by atomic mass is 32.2. The number of carbonyl (C=O) groups excluding carboxylic acids is 1. The van der Waals surface area contributed by atoms with Gasteiger partial charge >= 0.3 is 0 Å². The van der Waals surface area contributed by atoms with E-state index in [2.05, 4.69) is 5.32 Å². The van der Waals surface area contributed by atoms with Gasteiger partial charge in [-0.2, -0.15) is 0 Å². The lowest BCUT2D eigenvalue weighted by Gasteiger charge is -2.32. The summed E-state index contributed by atoms with van der Waals surface area (Å²) in [6.45, 7) is 2.08. The molecule has 5 nitrogen and oxygen atoms in total. The molecule has 0 aliphatic heterocycles. The molecular formula is C24H25NO4S. The average Bonchev–Trinajstić information content (AvgIpc) is 2.79. The van der Waals surface area contributed by atoms with E-state index in [9.17, 15) is 13.2 Å². The number of benzene rings is 3. The van der Waals surface area contributed by atoms with E-state index < -0.39 is 15.4 Å². The first-order valence-electron chi connectivity index (χ1n) is 9.62. The Morgan fingerprint density at radius 1 is 0.867 bits per heavy atom. The Kier molecular flexibility index (Phi) is 6.70. The van der Waals surface area contributed by atoms with E-state index in [1.54, 1.807) is 0 Å². The van der Waals surface area contributed by atoms with E-state index >= 15 is 0 Å². The van der Waals surface area contributed by atoms with Crippen LogP contribution in [0.3, 0.4) is 0 Å². The van der Waals surface area contributed by atoms with Gasteiger partial charge in [-0.15, -0.1) is 0 Å². The molecule has 0 aliphatic carbocycles. The van der Waals surface area contributed by atoms with Crippen molar-refractivity contribution in [1.29, 1.82) is 0 Å². The fourth-order valence-corrected chi connectivity index (χ4v) is 4.45. The maximum absolute atomic E-state index is 13.1. The van der Waals surface area contributed by atoms with Gasteiger partial charge in [-0.25, -0.2) is 8.42 Å². The summed E-state index contributed by atoms with van der Waals surface area (Å²) in [5.74, 6) is -0.388. The summed E-state index contributed by atoms with van der Waals surface area (Å²) in [5.41, 5.74) is 1.54. The molecule has 0 saturated heterocycles. The summed E-state index contributed by atoms with van der Waals surface area (Å²) in [5, 5.41) is 3.13. The quantitative estimate of drug-likeness (QED) is 0.598. The molecule has 6 heteroatoms. The number of sulfone groups is 1. The molecule has 0 fully saturated rings. The SMILES string of the molecule is COCCS(=O)(=O)c1ccc(C(=O)NC(C)(c2ccccc2)c2ccccc2)cc1. The summed E-state index contributed by atoms with van der Waals surface area (Å²) >= 11 is 0. The van der Waals surface area contributed by atoms with Crippen molar-refractivity contribution in [3.8, 4) is 0 Å². The zero-order valence-corrected chi connectivity index (χ0v) is 17.9. The molecule has 0 atom stereocenters. The lowest BCUT2D eigenvalue weighted by atomic mass is 9.84. The minimum absolute atomic E-state index is 0.102. The first-order chi connectivity index (χ1) is 14.4. The number of rotatable bonds is 8.